The van der Waals surface area contributed by atoms with Crippen LogP contribution in [0.1, 0.15) is 12.8 Å². The Morgan fingerprint density at radius 3 is 3.00 bits per heavy atom. The number of alkyl halides is 1. The lowest BCUT2D eigenvalue weighted by Crippen LogP contribution is -2.21. The molecule has 0 aromatic carbocycles. The lowest BCUT2D eigenvalue weighted by molar-refractivity contribution is 0.196. The normalized spacial score (nSPS) is 30.7. The molecule has 2 atom stereocenters. The molecule has 9 heavy (non-hydrogen) atoms. The van der Waals surface area contributed by atoms with Crippen molar-refractivity contribution in [2.75, 3.05) is 11.1 Å². The van der Waals surface area contributed by atoms with Crippen LogP contribution >= 0.6 is 27.7 Å². The number of rotatable bonds is 2. The van der Waals surface area contributed by atoms with Crippen LogP contribution in [0.3, 0.4) is 0 Å². The second-order valence-electron chi connectivity index (χ2n) is 2.27. The van der Waals surface area contributed by atoms with Gasteiger partial charge in [0.15, 0.2) is 0 Å². The number of halogens is 1. The zero-order chi connectivity index (χ0) is 6.69. The molecule has 1 rings (SSSR count). The predicted octanol–water partition coefficient (Wildman–Crippen LogP) is 1.64. The summed E-state index contributed by atoms with van der Waals surface area (Å²) in [6.45, 7) is 0. The third-order valence-electron chi connectivity index (χ3n) is 1.55. The van der Waals surface area contributed by atoms with Crippen molar-refractivity contribution in [1.29, 1.82) is 0 Å². The maximum Gasteiger partial charge on any atom is 0.0755 e. The highest BCUT2D eigenvalue weighted by Crippen LogP contribution is 2.29. The summed E-state index contributed by atoms with van der Waals surface area (Å²) < 4.78 is 0. The van der Waals surface area contributed by atoms with Crippen LogP contribution in [0.25, 0.3) is 0 Å². The lowest BCUT2D eigenvalue weighted by atomic mass is 10.2. The predicted molar refractivity (Wildman–Crippen MR) is 45.3 cm³/mol. The highest BCUT2D eigenvalue weighted by atomic mass is 79.9. The van der Waals surface area contributed by atoms with Gasteiger partial charge in [-0.05, 0) is 18.6 Å². The van der Waals surface area contributed by atoms with E-state index in [2.05, 4.69) is 15.9 Å². The molecule has 0 saturated carbocycles. The van der Waals surface area contributed by atoms with Crippen LogP contribution in [-0.4, -0.2) is 27.5 Å². The topological polar surface area (TPSA) is 20.2 Å². The third kappa shape index (κ3) is 2.13. The first-order valence-corrected chi connectivity index (χ1v) is 5.37. The number of aliphatic hydroxyl groups excluding tert-OH is 1. The average molecular weight is 211 g/mol. The van der Waals surface area contributed by atoms with E-state index in [-0.39, 0.29) is 6.10 Å². The molecule has 1 heterocycles. The quantitative estimate of drug-likeness (QED) is 0.700. The highest BCUT2D eigenvalue weighted by Gasteiger charge is 2.22. The fourth-order valence-electron chi connectivity index (χ4n) is 1.01. The van der Waals surface area contributed by atoms with Crippen LogP contribution in [0.4, 0.5) is 0 Å². The molecule has 0 aromatic rings. The first kappa shape index (κ1) is 7.89. The van der Waals surface area contributed by atoms with Crippen LogP contribution < -0.4 is 0 Å². The van der Waals surface area contributed by atoms with Gasteiger partial charge in [0.1, 0.15) is 0 Å². The number of thioether (sulfide) groups is 1. The maximum absolute atomic E-state index is 9.29. The van der Waals surface area contributed by atoms with Crippen LogP contribution in [0, 0.1) is 0 Å². The van der Waals surface area contributed by atoms with Gasteiger partial charge >= 0.3 is 0 Å². The second-order valence-corrected chi connectivity index (χ2v) is 4.27. The van der Waals surface area contributed by atoms with Crippen LogP contribution in [0.2, 0.25) is 0 Å². The Labute approximate surface area is 68.3 Å². The molecular formula is C6H11BrOS. The van der Waals surface area contributed by atoms with E-state index in [0.29, 0.717) is 5.25 Å². The van der Waals surface area contributed by atoms with Crippen LogP contribution in [0.15, 0.2) is 0 Å². The molecule has 0 aromatic heterocycles. The van der Waals surface area contributed by atoms with Crippen molar-refractivity contribution in [3.05, 3.63) is 0 Å². The van der Waals surface area contributed by atoms with Crippen molar-refractivity contribution in [3.63, 3.8) is 0 Å². The third-order valence-corrected chi connectivity index (χ3v) is 3.72. The van der Waals surface area contributed by atoms with Crippen LogP contribution in [-0.2, 0) is 0 Å². The first-order valence-electron chi connectivity index (χ1n) is 3.20. The van der Waals surface area contributed by atoms with Crippen molar-refractivity contribution < 1.29 is 5.11 Å². The fraction of sp³-hybridized carbons (Fsp3) is 1.00. The number of hydrogen-bond donors (Lipinski definition) is 1. The van der Waals surface area contributed by atoms with Gasteiger partial charge in [-0.3, -0.25) is 0 Å². The molecule has 0 bridgehead atoms. The minimum Gasteiger partial charge on any atom is -0.391 e. The number of hydrogen-bond acceptors (Lipinski definition) is 2. The SMILES string of the molecule is OC(CBr)C1CCCS1. The molecule has 3 heteroatoms. The van der Waals surface area contributed by atoms with Gasteiger partial charge < -0.3 is 5.11 Å². The largest absolute Gasteiger partial charge is 0.391 e. The Morgan fingerprint density at radius 1 is 1.78 bits per heavy atom. The van der Waals surface area contributed by atoms with Crippen molar-refractivity contribution in [3.8, 4) is 0 Å². The highest BCUT2D eigenvalue weighted by molar-refractivity contribution is 9.09. The molecule has 1 aliphatic rings. The maximum atomic E-state index is 9.29. The summed E-state index contributed by atoms with van der Waals surface area (Å²) in [5, 5.41) is 10.5. The summed E-state index contributed by atoms with van der Waals surface area (Å²) in [4.78, 5) is 0. The van der Waals surface area contributed by atoms with Gasteiger partial charge in [-0.25, -0.2) is 0 Å². The zero-order valence-corrected chi connectivity index (χ0v) is 7.62. The molecule has 1 N–H and O–H groups in total. The van der Waals surface area contributed by atoms with Gasteiger partial charge in [0.25, 0.3) is 0 Å². The van der Waals surface area contributed by atoms with Gasteiger partial charge in [0.2, 0.25) is 0 Å². The molecule has 0 radical (unpaired) electrons. The van der Waals surface area contributed by atoms with Gasteiger partial charge in [0.05, 0.1) is 6.10 Å². The second kappa shape index (κ2) is 3.84. The minimum absolute atomic E-state index is 0.127. The minimum atomic E-state index is -0.127. The Balaban J connectivity index is 2.24. The molecule has 54 valence electrons. The van der Waals surface area contributed by atoms with E-state index in [1.165, 1.54) is 18.6 Å². The van der Waals surface area contributed by atoms with E-state index in [9.17, 15) is 5.11 Å². The fourth-order valence-corrected chi connectivity index (χ4v) is 2.99. The van der Waals surface area contributed by atoms with Crippen LogP contribution in [0.5, 0.6) is 0 Å². The molecule has 1 nitrogen and oxygen atoms in total. The average Bonchev–Trinajstić information content (AvgIpc) is 2.37. The van der Waals surface area contributed by atoms with Crippen molar-refractivity contribution >= 4 is 27.7 Å². The van der Waals surface area contributed by atoms with Crippen molar-refractivity contribution in [1.82, 2.24) is 0 Å². The standard InChI is InChI=1S/C6H11BrOS/c7-4-5(8)6-2-1-3-9-6/h5-6,8H,1-4H2. The molecule has 1 saturated heterocycles. The van der Waals surface area contributed by atoms with E-state index < -0.39 is 0 Å². The molecule has 0 amide bonds. The Hall–Kier alpha value is 0.790. The smallest absolute Gasteiger partial charge is 0.0755 e. The first-order chi connectivity index (χ1) is 4.34. The Bertz CT molecular complexity index is 83.1. The van der Waals surface area contributed by atoms with Gasteiger partial charge in [-0.15, -0.1) is 0 Å². The summed E-state index contributed by atoms with van der Waals surface area (Å²) in [6, 6.07) is 0. The lowest BCUT2D eigenvalue weighted by Gasteiger charge is -2.12. The van der Waals surface area contributed by atoms with Crippen molar-refractivity contribution in [2.45, 2.75) is 24.2 Å². The summed E-state index contributed by atoms with van der Waals surface area (Å²) in [7, 11) is 0. The molecule has 1 aliphatic heterocycles. The summed E-state index contributed by atoms with van der Waals surface area (Å²) in [5.74, 6) is 1.23. The summed E-state index contributed by atoms with van der Waals surface area (Å²) in [6.07, 6.45) is 2.34. The molecule has 0 spiro atoms. The van der Waals surface area contributed by atoms with Crippen molar-refractivity contribution in [2.24, 2.45) is 0 Å². The Morgan fingerprint density at radius 2 is 2.56 bits per heavy atom. The summed E-state index contributed by atoms with van der Waals surface area (Å²) >= 11 is 5.16. The zero-order valence-electron chi connectivity index (χ0n) is 5.22. The Kier molecular flexibility index (Phi) is 3.37. The molecule has 0 aliphatic carbocycles. The number of aliphatic hydroxyl groups is 1. The molecule has 2 unspecified atom stereocenters. The van der Waals surface area contributed by atoms with E-state index in [4.69, 9.17) is 0 Å². The van der Waals surface area contributed by atoms with E-state index in [0.717, 1.165) is 5.33 Å². The summed E-state index contributed by atoms with van der Waals surface area (Å²) in [5.41, 5.74) is 0. The van der Waals surface area contributed by atoms with Gasteiger partial charge in [-0.1, -0.05) is 15.9 Å². The van der Waals surface area contributed by atoms with Gasteiger partial charge in [-0.2, -0.15) is 11.8 Å². The van der Waals surface area contributed by atoms with E-state index in [1.807, 2.05) is 11.8 Å². The van der Waals surface area contributed by atoms with E-state index in [1.54, 1.807) is 0 Å². The van der Waals surface area contributed by atoms with Gasteiger partial charge in [0, 0.05) is 10.6 Å². The monoisotopic (exact) mass is 210 g/mol. The molecule has 1 fully saturated rings. The van der Waals surface area contributed by atoms with E-state index >= 15 is 0 Å². The molecular weight excluding hydrogens is 200 g/mol.